The Morgan fingerprint density at radius 3 is 2.60 bits per heavy atom. The first-order chi connectivity index (χ1) is 22.0. The van der Waals surface area contributed by atoms with Crippen LogP contribution in [0.15, 0.2) is 35.4 Å². The summed E-state index contributed by atoms with van der Waals surface area (Å²) in [4.78, 5) is 83.2. The second-order valence-electron chi connectivity index (χ2n) is 9.60. The lowest BCUT2D eigenvalue weighted by Crippen LogP contribution is -2.29. The molecule has 5 atom stereocenters. The molecule has 0 aliphatic carbocycles. The Bertz CT molecular complexity index is 1830. The number of ether oxygens (including phenoxy) is 2. The molecule has 1 aliphatic rings. The Hall–Kier alpha value is -2.88. The van der Waals surface area contributed by atoms with Crippen LogP contribution in [-0.2, 0) is 47.7 Å². The van der Waals surface area contributed by atoms with Gasteiger partial charge in [0.25, 0.3) is 11.2 Å². The van der Waals surface area contributed by atoms with Crippen LogP contribution in [0, 0.1) is 10.1 Å². The quantitative estimate of drug-likeness (QED) is 0.0476. The number of fused-ring (bicyclic) bond motifs is 1. The van der Waals surface area contributed by atoms with E-state index in [1.54, 1.807) is 0 Å². The van der Waals surface area contributed by atoms with Gasteiger partial charge >= 0.3 is 23.5 Å². The first-order valence-corrected chi connectivity index (χ1v) is 18.3. The molecule has 47 heavy (non-hydrogen) atoms. The number of para-hydroxylation sites is 1. The van der Waals surface area contributed by atoms with Gasteiger partial charge in [0, 0.05) is 18.9 Å². The number of H-pyrrole nitrogens is 1. The monoisotopic (exact) mass is 744 g/mol. The third-order valence-electron chi connectivity index (χ3n) is 6.20. The molecule has 1 amide bonds. The minimum atomic E-state index is -5.81. The molecule has 2 aromatic heterocycles. The average molecular weight is 744 g/mol. The lowest BCUT2D eigenvalue weighted by molar-refractivity contribution is -0.386. The SMILES string of the molecule is O=C(CCCS)Nc1nc2c(ncn2C2CC(OCc3ccccc3[N+](=O)[O-])C(COP(=O)(O)OP(=O)(O)OP(=O)(O)O)O2)c(=O)[nH]1. The zero-order valence-corrected chi connectivity index (χ0v) is 27.2. The highest BCUT2D eigenvalue weighted by atomic mass is 32.1. The molecule has 0 bridgehead atoms. The second-order valence-corrected chi connectivity index (χ2v) is 14.5. The van der Waals surface area contributed by atoms with Gasteiger partial charge in [-0.25, -0.2) is 18.7 Å². The number of phosphoric ester groups is 1. The molecule has 3 heterocycles. The second kappa shape index (κ2) is 15.1. The predicted octanol–water partition coefficient (Wildman–Crippen LogP) is 1.89. The van der Waals surface area contributed by atoms with Crippen LogP contribution < -0.4 is 10.9 Å². The third kappa shape index (κ3) is 10.3. The van der Waals surface area contributed by atoms with Crippen molar-refractivity contribution in [3.63, 3.8) is 0 Å². The van der Waals surface area contributed by atoms with E-state index in [2.05, 4.69) is 41.5 Å². The van der Waals surface area contributed by atoms with Crippen LogP contribution in [0.4, 0.5) is 11.6 Å². The van der Waals surface area contributed by atoms with E-state index in [1.807, 2.05) is 0 Å². The molecule has 0 saturated carbocycles. The van der Waals surface area contributed by atoms with E-state index in [4.69, 9.17) is 23.8 Å². The van der Waals surface area contributed by atoms with E-state index in [9.17, 15) is 43.2 Å². The number of amides is 1. The predicted molar refractivity (Wildman–Crippen MR) is 160 cm³/mol. The van der Waals surface area contributed by atoms with Crippen molar-refractivity contribution in [1.82, 2.24) is 19.5 Å². The summed E-state index contributed by atoms with van der Waals surface area (Å²) in [5.41, 5.74) is -0.997. The molecule has 26 heteroatoms. The van der Waals surface area contributed by atoms with Crippen molar-refractivity contribution in [2.75, 3.05) is 17.7 Å². The van der Waals surface area contributed by atoms with Crippen molar-refractivity contribution >= 4 is 64.8 Å². The zero-order chi connectivity index (χ0) is 34.6. The molecule has 4 rings (SSSR count). The number of thiol groups is 1. The number of imidazole rings is 1. The summed E-state index contributed by atoms with van der Waals surface area (Å²) in [7, 11) is -17.0. The molecule has 1 fully saturated rings. The van der Waals surface area contributed by atoms with Crippen LogP contribution >= 0.6 is 36.1 Å². The van der Waals surface area contributed by atoms with E-state index < -0.39 is 64.9 Å². The number of nitro groups is 1. The number of nitrogens with zero attached hydrogens (tertiary/aromatic N) is 4. The number of carbonyl (C=O) groups excluding carboxylic acids is 1. The van der Waals surface area contributed by atoms with Crippen LogP contribution in [0.5, 0.6) is 0 Å². The largest absolute Gasteiger partial charge is 0.490 e. The van der Waals surface area contributed by atoms with Gasteiger partial charge in [0.05, 0.1) is 36.1 Å². The number of carbonyl (C=O) groups is 1. The Morgan fingerprint density at radius 2 is 1.91 bits per heavy atom. The van der Waals surface area contributed by atoms with Crippen molar-refractivity contribution in [2.45, 2.75) is 44.3 Å². The Kier molecular flexibility index (Phi) is 11.9. The fraction of sp³-hybridized carbons (Fsp3) is 0.429. The van der Waals surface area contributed by atoms with Crippen LogP contribution in [0.3, 0.4) is 0 Å². The highest BCUT2D eigenvalue weighted by molar-refractivity contribution is 7.80. The van der Waals surface area contributed by atoms with Crippen LogP contribution in [0.1, 0.15) is 31.1 Å². The molecule has 22 nitrogen and oxygen atoms in total. The third-order valence-corrected chi connectivity index (χ3v) is 10.3. The summed E-state index contributed by atoms with van der Waals surface area (Å²) in [6.07, 6.45) is -1.81. The van der Waals surface area contributed by atoms with Gasteiger partial charge in [0.15, 0.2) is 11.2 Å². The molecule has 0 radical (unpaired) electrons. The minimum Gasteiger partial charge on any atom is -0.370 e. The highest BCUT2D eigenvalue weighted by Gasteiger charge is 2.44. The number of rotatable bonds is 16. The van der Waals surface area contributed by atoms with Crippen LogP contribution in [0.25, 0.3) is 11.2 Å². The van der Waals surface area contributed by atoms with Crippen molar-refractivity contribution in [2.24, 2.45) is 0 Å². The smallest absolute Gasteiger partial charge is 0.370 e. The van der Waals surface area contributed by atoms with Gasteiger partial charge < -0.3 is 29.0 Å². The maximum absolute atomic E-state index is 12.7. The fourth-order valence-electron chi connectivity index (χ4n) is 4.31. The molecule has 0 spiro atoms. The maximum Gasteiger partial charge on any atom is 0.490 e. The van der Waals surface area contributed by atoms with Gasteiger partial charge in [-0.05, 0) is 18.2 Å². The number of nitro benzene ring substituents is 1. The summed E-state index contributed by atoms with van der Waals surface area (Å²) in [5.74, 6) is -0.189. The summed E-state index contributed by atoms with van der Waals surface area (Å²) < 4.78 is 60.3. The van der Waals surface area contributed by atoms with Crippen LogP contribution in [-0.4, -0.2) is 74.5 Å². The molecule has 258 valence electrons. The molecule has 5 unspecified atom stereocenters. The lowest BCUT2D eigenvalue weighted by Gasteiger charge is -2.21. The van der Waals surface area contributed by atoms with Crippen molar-refractivity contribution in [3.05, 3.63) is 56.6 Å². The number of aromatic amines is 1. The molecular formula is C21H27N6O16P3S. The van der Waals surface area contributed by atoms with E-state index in [0.717, 1.165) is 0 Å². The lowest BCUT2D eigenvalue weighted by atomic mass is 10.1. The van der Waals surface area contributed by atoms with Crippen molar-refractivity contribution < 1.29 is 65.6 Å². The molecular weight excluding hydrogens is 717 g/mol. The Morgan fingerprint density at radius 1 is 1.19 bits per heavy atom. The van der Waals surface area contributed by atoms with Gasteiger partial charge in [-0.3, -0.25) is 39.1 Å². The molecule has 1 aromatic carbocycles. The van der Waals surface area contributed by atoms with Gasteiger partial charge in [0.2, 0.25) is 11.9 Å². The molecule has 3 aromatic rings. The summed E-state index contributed by atoms with van der Waals surface area (Å²) in [6.45, 7) is -1.26. The standard InChI is InChI=1S/C21H27N6O16P3S/c28-16(6-3-7-47)23-21-24-19-18(20(29)25-21)22-11-26(19)17-8-14(39-9-12-4-1-2-5-13(12)27(30)31)15(41-17)10-40-45(35,36)43-46(37,38)42-44(32,33)34/h1-2,4-5,11,14-15,17,47H,3,6-10H2,(H,35,36)(H,37,38)(H2,32,33,34)(H2,23,24,25,28,29). The molecule has 6 N–H and O–H groups in total. The molecule has 1 saturated heterocycles. The Balaban J connectivity index is 1.58. The van der Waals surface area contributed by atoms with E-state index in [1.165, 1.54) is 35.2 Å². The highest BCUT2D eigenvalue weighted by Crippen LogP contribution is 2.66. The fourth-order valence-corrected chi connectivity index (χ4v) is 7.49. The van der Waals surface area contributed by atoms with Crippen molar-refractivity contribution in [3.8, 4) is 0 Å². The minimum absolute atomic E-state index is 0.0470. The molecule has 1 aliphatic heterocycles. The number of nitrogens with one attached hydrogen (secondary N) is 2. The normalized spacial score (nSPS) is 20.9. The van der Waals surface area contributed by atoms with E-state index in [0.29, 0.717) is 12.2 Å². The van der Waals surface area contributed by atoms with Gasteiger partial charge in [-0.15, -0.1) is 0 Å². The van der Waals surface area contributed by atoms with Gasteiger partial charge in [-0.2, -0.15) is 26.2 Å². The topological polar surface area (TPSA) is 314 Å². The number of hydrogen-bond acceptors (Lipinski definition) is 15. The number of hydrogen-bond donors (Lipinski definition) is 7. The van der Waals surface area contributed by atoms with Gasteiger partial charge in [0.1, 0.15) is 12.3 Å². The summed E-state index contributed by atoms with van der Waals surface area (Å²) in [6, 6.07) is 5.65. The van der Waals surface area contributed by atoms with Crippen molar-refractivity contribution in [1.29, 1.82) is 0 Å². The van der Waals surface area contributed by atoms with Crippen LogP contribution in [0.2, 0.25) is 0 Å². The first kappa shape index (κ1) is 36.9. The van der Waals surface area contributed by atoms with Gasteiger partial charge in [-0.1, -0.05) is 12.1 Å². The number of phosphoric acid groups is 3. The maximum atomic E-state index is 12.7. The number of benzene rings is 1. The first-order valence-electron chi connectivity index (χ1n) is 13.1. The summed E-state index contributed by atoms with van der Waals surface area (Å²) >= 11 is 4.05. The summed E-state index contributed by atoms with van der Waals surface area (Å²) in [5, 5.41) is 13.9. The average Bonchev–Trinajstić information content (AvgIpc) is 3.56. The Labute approximate surface area is 268 Å². The number of aromatic nitrogens is 4. The number of anilines is 1. The zero-order valence-electron chi connectivity index (χ0n) is 23.6. The van der Waals surface area contributed by atoms with E-state index >= 15 is 0 Å². The van der Waals surface area contributed by atoms with E-state index in [-0.39, 0.29) is 47.8 Å².